The first-order valence-electron chi connectivity index (χ1n) is 8.10. The van der Waals surface area contributed by atoms with E-state index in [0.717, 1.165) is 0 Å². The highest BCUT2D eigenvalue weighted by Crippen LogP contribution is 2.42. The summed E-state index contributed by atoms with van der Waals surface area (Å²) in [7, 11) is 0. The van der Waals surface area contributed by atoms with Crippen molar-refractivity contribution in [2.75, 3.05) is 16.4 Å². The molecule has 0 spiro atoms. The van der Waals surface area contributed by atoms with Crippen LogP contribution in [0.15, 0.2) is 35.7 Å². The maximum Gasteiger partial charge on any atom is 0.586 e. The number of halogens is 3. The Kier molecular flexibility index (Phi) is 4.84. The Labute approximate surface area is 171 Å². The Balaban J connectivity index is 1.45. The molecular weight excluding hydrogens is 428 g/mol. The van der Waals surface area contributed by atoms with Crippen LogP contribution in [0.5, 0.6) is 11.5 Å². The topological polar surface area (TPSA) is 111 Å². The van der Waals surface area contributed by atoms with Gasteiger partial charge in [-0.15, -0.1) is 20.1 Å². The van der Waals surface area contributed by atoms with E-state index in [0.29, 0.717) is 16.3 Å². The fourth-order valence-corrected chi connectivity index (χ4v) is 3.57. The van der Waals surface area contributed by atoms with E-state index in [1.807, 2.05) is 0 Å². The monoisotopic (exact) mass is 439 g/mol. The number of thiophene rings is 1. The van der Waals surface area contributed by atoms with E-state index >= 15 is 0 Å². The summed E-state index contributed by atoms with van der Waals surface area (Å²) in [4.78, 5) is 20.8. The molecule has 0 radical (unpaired) electrons. The maximum atomic E-state index is 13.1. The second-order valence-corrected chi connectivity index (χ2v) is 7.11. The zero-order valence-electron chi connectivity index (χ0n) is 14.4. The van der Waals surface area contributed by atoms with Crippen molar-refractivity contribution in [2.45, 2.75) is 12.8 Å². The van der Waals surface area contributed by atoms with Gasteiger partial charge in [-0.05, 0) is 35.2 Å². The van der Waals surface area contributed by atoms with Gasteiger partial charge in [-0.25, -0.2) is 9.97 Å². The number of rotatable bonds is 5. The summed E-state index contributed by atoms with van der Waals surface area (Å²) in [6, 6.07) is 7.29. The van der Waals surface area contributed by atoms with Crippen LogP contribution < -0.4 is 25.8 Å². The summed E-state index contributed by atoms with van der Waals surface area (Å²) in [5.41, 5.74) is 7.03. The smallest absolute Gasteiger partial charge is 0.395 e. The van der Waals surface area contributed by atoms with Crippen LogP contribution in [0.4, 0.5) is 26.0 Å². The van der Waals surface area contributed by atoms with Gasteiger partial charge in [0.25, 0.3) is 5.91 Å². The number of ether oxygens (including phenoxy) is 2. The minimum Gasteiger partial charge on any atom is -0.395 e. The molecule has 1 aliphatic heterocycles. The maximum absolute atomic E-state index is 13.1. The van der Waals surface area contributed by atoms with E-state index in [9.17, 15) is 13.6 Å². The molecule has 3 heterocycles. The molecule has 4 rings (SSSR count). The van der Waals surface area contributed by atoms with Gasteiger partial charge in [0.2, 0.25) is 5.28 Å². The molecule has 0 fully saturated rings. The predicted octanol–water partition coefficient (Wildman–Crippen LogP) is 3.96. The Morgan fingerprint density at radius 2 is 2.00 bits per heavy atom. The van der Waals surface area contributed by atoms with Crippen LogP contribution in [0.2, 0.25) is 5.28 Å². The Morgan fingerprint density at radius 1 is 1.21 bits per heavy atom. The number of amides is 1. The van der Waals surface area contributed by atoms with Gasteiger partial charge in [0.15, 0.2) is 11.5 Å². The van der Waals surface area contributed by atoms with E-state index in [2.05, 4.69) is 30.1 Å². The standard InChI is InChI=1S/C17H12ClF2N5O3S/c18-16-24-9(6-13(21)25-16)7-22-10-3-4-29-14(10)15(26)23-8-1-2-11-12(5-8)28-17(19,20)27-11/h1-6,22H,7H2,(H,23,26)(H2,21,24,25). The first kappa shape index (κ1) is 19.2. The molecule has 29 heavy (non-hydrogen) atoms. The number of fused-ring (bicyclic) bond motifs is 1. The third kappa shape index (κ3) is 4.30. The fraction of sp³-hybridized carbons (Fsp3) is 0.118. The van der Waals surface area contributed by atoms with Gasteiger partial charge < -0.3 is 25.8 Å². The van der Waals surface area contributed by atoms with Crippen molar-refractivity contribution in [1.29, 1.82) is 0 Å². The van der Waals surface area contributed by atoms with Crippen molar-refractivity contribution < 1.29 is 23.0 Å². The normalized spacial score (nSPS) is 13.9. The van der Waals surface area contributed by atoms with Gasteiger partial charge in [0.05, 0.1) is 17.9 Å². The number of aromatic nitrogens is 2. The lowest BCUT2D eigenvalue weighted by atomic mass is 10.2. The molecule has 0 bridgehead atoms. The summed E-state index contributed by atoms with van der Waals surface area (Å²) in [6.45, 7) is 0.266. The molecule has 0 saturated heterocycles. The number of benzene rings is 1. The van der Waals surface area contributed by atoms with E-state index in [4.69, 9.17) is 17.3 Å². The number of nitrogens with zero attached hydrogens (tertiary/aromatic N) is 2. The van der Waals surface area contributed by atoms with Gasteiger partial charge >= 0.3 is 6.29 Å². The molecule has 150 valence electrons. The zero-order chi connectivity index (χ0) is 20.6. The number of alkyl halides is 2. The lowest BCUT2D eigenvalue weighted by Gasteiger charge is -2.09. The fourth-order valence-electron chi connectivity index (χ4n) is 2.60. The Morgan fingerprint density at radius 3 is 2.79 bits per heavy atom. The molecule has 1 aliphatic rings. The number of nitrogen functional groups attached to an aromatic ring is 1. The SMILES string of the molecule is Nc1cc(CNc2ccsc2C(=O)Nc2ccc3c(c2)OC(F)(F)O3)nc(Cl)n1. The van der Waals surface area contributed by atoms with Gasteiger partial charge in [-0.2, -0.15) is 0 Å². The van der Waals surface area contributed by atoms with E-state index in [1.165, 1.54) is 29.5 Å². The molecule has 2 aromatic heterocycles. The second kappa shape index (κ2) is 7.33. The number of anilines is 3. The van der Waals surface area contributed by atoms with Crippen LogP contribution in [-0.4, -0.2) is 22.2 Å². The van der Waals surface area contributed by atoms with E-state index in [-0.39, 0.29) is 34.8 Å². The number of hydrogen-bond acceptors (Lipinski definition) is 8. The third-order valence-electron chi connectivity index (χ3n) is 3.76. The summed E-state index contributed by atoms with van der Waals surface area (Å²) >= 11 is 6.99. The van der Waals surface area contributed by atoms with Crippen LogP contribution in [0.1, 0.15) is 15.4 Å². The molecule has 0 unspecified atom stereocenters. The zero-order valence-corrected chi connectivity index (χ0v) is 16.0. The molecule has 8 nitrogen and oxygen atoms in total. The first-order valence-corrected chi connectivity index (χ1v) is 9.36. The van der Waals surface area contributed by atoms with Crippen molar-refractivity contribution in [3.63, 3.8) is 0 Å². The number of nitrogens with one attached hydrogen (secondary N) is 2. The lowest BCUT2D eigenvalue weighted by Crippen LogP contribution is -2.25. The Bertz CT molecular complexity index is 1070. The number of nitrogens with two attached hydrogens (primary N) is 1. The average Bonchev–Trinajstić information content (AvgIpc) is 3.21. The highest BCUT2D eigenvalue weighted by Gasteiger charge is 2.43. The van der Waals surface area contributed by atoms with Crippen molar-refractivity contribution in [3.05, 3.63) is 51.6 Å². The van der Waals surface area contributed by atoms with Crippen molar-refractivity contribution in [1.82, 2.24) is 9.97 Å². The molecule has 0 saturated carbocycles. The molecule has 3 aromatic rings. The van der Waals surface area contributed by atoms with Crippen LogP contribution in [0.3, 0.4) is 0 Å². The number of carbonyl (C=O) groups is 1. The third-order valence-corrected chi connectivity index (χ3v) is 4.84. The van der Waals surface area contributed by atoms with Crippen LogP contribution in [-0.2, 0) is 6.54 Å². The molecule has 12 heteroatoms. The summed E-state index contributed by atoms with van der Waals surface area (Å²) < 4.78 is 35.0. The van der Waals surface area contributed by atoms with Crippen molar-refractivity contribution in [2.24, 2.45) is 0 Å². The Hall–Kier alpha value is -3.18. The summed E-state index contributed by atoms with van der Waals surface area (Å²) in [5.74, 6) is -0.448. The molecule has 0 aliphatic carbocycles. The van der Waals surface area contributed by atoms with Gasteiger partial charge in [0.1, 0.15) is 10.7 Å². The van der Waals surface area contributed by atoms with Crippen molar-refractivity contribution >= 4 is 46.0 Å². The van der Waals surface area contributed by atoms with Crippen LogP contribution in [0.25, 0.3) is 0 Å². The molecule has 1 aromatic carbocycles. The van der Waals surface area contributed by atoms with E-state index < -0.39 is 12.2 Å². The lowest BCUT2D eigenvalue weighted by molar-refractivity contribution is -0.286. The second-order valence-electron chi connectivity index (χ2n) is 5.85. The molecule has 0 atom stereocenters. The summed E-state index contributed by atoms with van der Waals surface area (Å²) in [6.07, 6.45) is -3.72. The number of carbonyl (C=O) groups excluding carboxylic acids is 1. The van der Waals surface area contributed by atoms with Gasteiger partial charge in [0, 0.05) is 17.8 Å². The first-order chi connectivity index (χ1) is 13.8. The highest BCUT2D eigenvalue weighted by molar-refractivity contribution is 7.12. The predicted molar refractivity (Wildman–Crippen MR) is 104 cm³/mol. The highest BCUT2D eigenvalue weighted by atomic mass is 35.5. The molecular formula is C17H12ClF2N5O3S. The quantitative estimate of drug-likeness (QED) is 0.516. The van der Waals surface area contributed by atoms with Gasteiger partial charge in [-0.1, -0.05) is 0 Å². The minimum atomic E-state index is -3.72. The van der Waals surface area contributed by atoms with Crippen LogP contribution >= 0.6 is 22.9 Å². The van der Waals surface area contributed by atoms with Gasteiger partial charge in [-0.3, -0.25) is 4.79 Å². The van der Waals surface area contributed by atoms with E-state index in [1.54, 1.807) is 17.5 Å². The number of hydrogen-bond donors (Lipinski definition) is 3. The minimum absolute atomic E-state index is 0.0264. The summed E-state index contributed by atoms with van der Waals surface area (Å²) in [5, 5.41) is 7.49. The molecule has 1 amide bonds. The molecule has 4 N–H and O–H groups in total. The largest absolute Gasteiger partial charge is 0.586 e. The van der Waals surface area contributed by atoms with Crippen LogP contribution in [0, 0.1) is 0 Å². The van der Waals surface area contributed by atoms with Crippen molar-refractivity contribution in [3.8, 4) is 11.5 Å². The average molecular weight is 440 g/mol.